The van der Waals surface area contributed by atoms with Gasteiger partial charge in [-0.15, -0.1) is 0 Å². The third-order valence-corrected chi connectivity index (χ3v) is 3.53. The number of piperidine rings is 1. The number of hydrogen-bond acceptors (Lipinski definition) is 3. The monoisotopic (exact) mass is 199 g/mol. The van der Waals surface area contributed by atoms with E-state index >= 15 is 0 Å². The van der Waals surface area contributed by atoms with Crippen LogP contribution in [0.4, 0.5) is 0 Å². The van der Waals surface area contributed by atoms with Gasteiger partial charge in [-0.25, -0.2) is 0 Å². The van der Waals surface area contributed by atoms with Crippen LogP contribution in [-0.4, -0.2) is 47.5 Å². The number of rotatable bonds is 4. The molecule has 0 radical (unpaired) electrons. The van der Waals surface area contributed by atoms with Crippen LogP contribution in [0, 0.1) is 11.8 Å². The Kier molecular flexibility index (Phi) is 3.42. The molecular formula is C11H21NO2. The first-order chi connectivity index (χ1) is 6.79. The molecule has 2 N–H and O–H groups in total. The van der Waals surface area contributed by atoms with Gasteiger partial charge in [0.1, 0.15) is 0 Å². The summed E-state index contributed by atoms with van der Waals surface area (Å²) in [6, 6.07) is 0. The van der Waals surface area contributed by atoms with Gasteiger partial charge in [0.2, 0.25) is 0 Å². The van der Waals surface area contributed by atoms with Crippen LogP contribution >= 0.6 is 0 Å². The highest BCUT2D eigenvalue weighted by molar-refractivity contribution is 4.85. The fourth-order valence-electron chi connectivity index (χ4n) is 2.45. The second-order valence-corrected chi connectivity index (χ2v) is 4.82. The van der Waals surface area contributed by atoms with E-state index in [4.69, 9.17) is 5.11 Å². The van der Waals surface area contributed by atoms with Crippen LogP contribution in [-0.2, 0) is 0 Å². The van der Waals surface area contributed by atoms with Crippen LogP contribution in [0.25, 0.3) is 0 Å². The Morgan fingerprint density at radius 3 is 2.64 bits per heavy atom. The number of likely N-dealkylation sites (tertiary alicyclic amines) is 1. The lowest BCUT2D eigenvalue weighted by Gasteiger charge is -2.36. The van der Waals surface area contributed by atoms with E-state index < -0.39 is 0 Å². The maximum Gasteiger partial charge on any atom is 0.0592 e. The van der Waals surface area contributed by atoms with Gasteiger partial charge in [0.25, 0.3) is 0 Å². The van der Waals surface area contributed by atoms with Gasteiger partial charge in [0, 0.05) is 19.6 Å². The Morgan fingerprint density at radius 1 is 1.21 bits per heavy atom. The van der Waals surface area contributed by atoms with Gasteiger partial charge in [-0.2, -0.15) is 0 Å². The van der Waals surface area contributed by atoms with E-state index in [1.165, 1.54) is 19.3 Å². The van der Waals surface area contributed by atoms with E-state index in [0.717, 1.165) is 32.0 Å². The van der Waals surface area contributed by atoms with Crippen molar-refractivity contribution in [1.82, 2.24) is 4.90 Å². The number of aliphatic hydroxyl groups is 2. The van der Waals surface area contributed by atoms with E-state index in [-0.39, 0.29) is 12.7 Å². The van der Waals surface area contributed by atoms with Crippen LogP contribution in [0.15, 0.2) is 0 Å². The maximum atomic E-state index is 9.84. The first-order valence-corrected chi connectivity index (χ1v) is 5.81. The van der Waals surface area contributed by atoms with Crippen molar-refractivity contribution in [3.63, 3.8) is 0 Å². The molecule has 0 amide bonds. The smallest absolute Gasteiger partial charge is 0.0592 e. The van der Waals surface area contributed by atoms with Crippen molar-refractivity contribution >= 4 is 0 Å². The maximum absolute atomic E-state index is 9.84. The van der Waals surface area contributed by atoms with Crippen LogP contribution < -0.4 is 0 Å². The Balaban J connectivity index is 1.79. The topological polar surface area (TPSA) is 43.7 Å². The number of hydrogen-bond donors (Lipinski definition) is 2. The molecule has 1 aliphatic carbocycles. The second kappa shape index (κ2) is 4.60. The van der Waals surface area contributed by atoms with Crippen LogP contribution in [0.5, 0.6) is 0 Å². The molecule has 0 bridgehead atoms. The van der Waals surface area contributed by atoms with Crippen molar-refractivity contribution in [2.75, 3.05) is 26.2 Å². The van der Waals surface area contributed by atoms with E-state index in [0.29, 0.717) is 5.92 Å². The van der Waals surface area contributed by atoms with Crippen molar-refractivity contribution < 1.29 is 10.2 Å². The van der Waals surface area contributed by atoms with Crippen molar-refractivity contribution in [3.8, 4) is 0 Å². The Morgan fingerprint density at radius 2 is 2.00 bits per heavy atom. The largest absolute Gasteiger partial charge is 0.395 e. The van der Waals surface area contributed by atoms with E-state index in [2.05, 4.69) is 4.90 Å². The van der Waals surface area contributed by atoms with Crippen LogP contribution in [0.3, 0.4) is 0 Å². The number of aliphatic hydroxyl groups excluding tert-OH is 2. The van der Waals surface area contributed by atoms with Gasteiger partial charge in [0.15, 0.2) is 0 Å². The highest BCUT2D eigenvalue weighted by Crippen LogP contribution is 2.37. The zero-order chi connectivity index (χ0) is 9.97. The Bertz CT molecular complexity index is 182. The Labute approximate surface area is 85.7 Å². The summed E-state index contributed by atoms with van der Waals surface area (Å²) in [4.78, 5) is 2.28. The van der Waals surface area contributed by atoms with E-state index in [9.17, 15) is 5.11 Å². The lowest BCUT2D eigenvalue weighted by Crippen LogP contribution is -2.44. The summed E-state index contributed by atoms with van der Waals surface area (Å²) in [7, 11) is 0. The molecule has 2 rings (SSSR count). The third kappa shape index (κ3) is 2.69. The van der Waals surface area contributed by atoms with Gasteiger partial charge in [-0.3, -0.25) is 0 Å². The standard InChI is InChI=1S/C11H21NO2/c13-6-5-12-4-3-11(14)10(8-12)7-9-1-2-9/h9-11,13-14H,1-8H2/t10-,11-/m1/s1. The first kappa shape index (κ1) is 10.4. The van der Waals surface area contributed by atoms with Gasteiger partial charge >= 0.3 is 0 Å². The number of nitrogens with zero attached hydrogens (tertiary/aromatic N) is 1. The molecule has 2 aliphatic rings. The average Bonchev–Trinajstić information content (AvgIpc) is 2.95. The molecule has 2 fully saturated rings. The molecule has 0 unspecified atom stereocenters. The lowest BCUT2D eigenvalue weighted by atomic mass is 9.90. The molecule has 0 aromatic carbocycles. The second-order valence-electron chi connectivity index (χ2n) is 4.82. The Hall–Kier alpha value is -0.120. The predicted octanol–water partition coefficient (Wildman–Crippen LogP) is 0.462. The quantitative estimate of drug-likeness (QED) is 0.691. The molecule has 1 aliphatic heterocycles. The predicted molar refractivity (Wildman–Crippen MR) is 55.0 cm³/mol. The van der Waals surface area contributed by atoms with E-state index in [1.54, 1.807) is 0 Å². The molecule has 3 heteroatoms. The third-order valence-electron chi connectivity index (χ3n) is 3.53. The molecule has 0 aromatic rings. The minimum Gasteiger partial charge on any atom is -0.395 e. The minimum absolute atomic E-state index is 0.0921. The molecule has 1 heterocycles. The summed E-state index contributed by atoms with van der Waals surface area (Å²) >= 11 is 0. The highest BCUT2D eigenvalue weighted by Gasteiger charge is 2.32. The van der Waals surface area contributed by atoms with Crippen molar-refractivity contribution in [3.05, 3.63) is 0 Å². The summed E-state index contributed by atoms with van der Waals surface area (Å²) in [5.41, 5.74) is 0. The van der Waals surface area contributed by atoms with Crippen LogP contribution in [0.2, 0.25) is 0 Å². The van der Waals surface area contributed by atoms with Gasteiger partial charge in [-0.1, -0.05) is 12.8 Å². The molecule has 82 valence electrons. The molecule has 1 saturated heterocycles. The van der Waals surface area contributed by atoms with E-state index in [1.807, 2.05) is 0 Å². The summed E-state index contributed by atoms with van der Waals surface area (Å²) in [6.07, 6.45) is 4.72. The highest BCUT2D eigenvalue weighted by atomic mass is 16.3. The summed E-state index contributed by atoms with van der Waals surface area (Å²) in [5, 5.41) is 18.7. The fraction of sp³-hybridized carbons (Fsp3) is 1.00. The summed E-state index contributed by atoms with van der Waals surface area (Å²) < 4.78 is 0. The molecule has 14 heavy (non-hydrogen) atoms. The van der Waals surface area contributed by atoms with Gasteiger partial charge in [0.05, 0.1) is 12.7 Å². The lowest BCUT2D eigenvalue weighted by molar-refractivity contribution is 0.0153. The molecule has 1 saturated carbocycles. The molecule has 0 spiro atoms. The molecule has 0 aromatic heterocycles. The number of β-amino-alcohol motifs (C(OH)–C–C–N with tert-alkyl or cyclic N) is 1. The van der Waals surface area contributed by atoms with Crippen molar-refractivity contribution in [2.45, 2.75) is 31.8 Å². The molecule has 3 nitrogen and oxygen atoms in total. The average molecular weight is 199 g/mol. The molecular weight excluding hydrogens is 178 g/mol. The van der Waals surface area contributed by atoms with Crippen molar-refractivity contribution in [1.29, 1.82) is 0 Å². The zero-order valence-electron chi connectivity index (χ0n) is 8.73. The molecule has 2 atom stereocenters. The zero-order valence-corrected chi connectivity index (χ0v) is 8.73. The SMILES string of the molecule is OCCN1CC[C@@H](O)[C@H](CC2CC2)C1. The summed E-state index contributed by atoms with van der Waals surface area (Å²) in [5.74, 6) is 1.35. The fourth-order valence-corrected chi connectivity index (χ4v) is 2.45. The minimum atomic E-state index is -0.0921. The first-order valence-electron chi connectivity index (χ1n) is 5.81. The van der Waals surface area contributed by atoms with Gasteiger partial charge < -0.3 is 15.1 Å². The normalized spacial score (nSPS) is 34.7. The summed E-state index contributed by atoms with van der Waals surface area (Å²) in [6.45, 7) is 2.95. The van der Waals surface area contributed by atoms with Crippen molar-refractivity contribution in [2.24, 2.45) is 11.8 Å². The van der Waals surface area contributed by atoms with Crippen LogP contribution in [0.1, 0.15) is 25.7 Å². The van der Waals surface area contributed by atoms with Gasteiger partial charge in [-0.05, 0) is 24.7 Å².